The number of guanidine groups is 1. The van der Waals surface area contributed by atoms with Crippen molar-refractivity contribution in [3.63, 3.8) is 0 Å². The number of aryl methyl sites for hydroxylation is 2. The van der Waals surface area contributed by atoms with Gasteiger partial charge in [0.2, 0.25) is 0 Å². The molecule has 0 aliphatic rings. The van der Waals surface area contributed by atoms with Gasteiger partial charge in [0.25, 0.3) is 0 Å². The maximum atomic E-state index is 5.86. The average molecular weight is 361 g/mol. The van der Waals surface area contributed by atoms with E-state index in [0.717, 1.165) is 36.9 Å². The summed E-state index contributed by atoms with van der Waals surface area (Å²) in [6.07, 6.45) is 0.918. The van der Waals surface area contributed by atoms with Crippen molar-refractivity contribution >= 4 is 17.3 Å². The van der Waals surface area contributed by atoms with Crippen LogP contribution in [0.2, 0.25) is 0 Å². The predicted octanol–water partition coefficient (Wildman–Crippen LogP) is 3.33. The highest BCUT2D eigenvalue weighted by Gasteiger charge is 2.06. The summed E-state index contributed by atoms with van der Waals surface area (Å²) < 4.78 is 5.86. The fourth-order valence-corrected chi connectivity index (χ4v) is 3.20. The highest BCUT2D eigenvalue weighted by molar-refractivity contribution is 7.11. The van der Waals surface area contributed by atoms with E-state index in [1.807, 2.05) is 37.3 Å². The number of benzene rings is 1. The lowest BCUT2D eigenvalue weighted by atomic mass is 10.3. The normalized spacial score (nSPS) is 12.7. The summed E-state index contributed by atoms with van der Waals surface area (Å²) in [5.74, 6) is 1.69. The first kappa shape index (κ1) is 19.2. The van der Waals surface area contributed by atoms with Gasteiger partial charge in [-0.15, -0.1) is 11.3 Å². The summed E-state index contributed by atoms with van der Waals surface area (Å²) in [5.41, 5.74) is 1.13. The lowest BCUT2D eigenvalue weighted by molar-refractivity contribution is 0.230. The summed E-state index contributed by atoms with van der Waals surface area (Å²) in [6.45, 7) is 10.5. The first-order valence-electron chi connectivity index (χ1n) is 8.75. The van der Waals surface area contributed by atoms with Crippen molar-refractivity contribution in [1.29, 1.82) is 0 Å². The maximum absolute atomic E-state index is 5.86. The topological polar surface area (TPSA) is 58.5 Å². The molecule has 1 aromatic carbocycles. The van der Waals surface area contributed by atoms with Crippen LogP contribution in [0.3, 0.4) is 0 Å². The summed E-state index contributed by atoms with van der Waals surface area (Å²) in [4.78, 5) is 10.5. The second kappa shape index (κ2) is 10.0. The minimum absolute atomic E-state index is 0.0158. The van der Waals surface area contributed by atoms with Crippen LogP contribution >= 0.6 is 11.3 Å². The number of ether oxygens (including phenoxy) is 1. The van der Waals surface area contributed by atoms with Gasteiger partial charge in [0, 0.05) is 24.4 Å². The molecule has 0 spiro atoms. The largest absolute Gasteiger partial charge is 0.489 e. The number of hydrogen-bond donors (Lipinski definition) is 2. The third-order valence-electron chi connectivity index (χ3n) is 3.64. The molecule has 2 rings (SSSR count). The SMILES string of the molecule is CCNC(=NCC(C)Oc1ccccc1)NCCc1nc(C)c(C)s1. The number of hydrogen-bond acceptors (Lipinski definition) is 4. The van der Waals surface area contributed by atoms with Crippen LogP contribution in [-0.2, 0) is 6.42 Å². The highest BCUT2D eigenvalue weighted by Crippen LogP contribution is 2.16. The molecule has 0 aliphatic heterocycles. The van der Waals surface area contributed by atoms with Crippen molar-refractivity contribution < 1.29 is 4.74 Å². The summed E-state index contributed by atoms with van der Waals surface area (Å²) in [7, 11) is 0. The average Bonchev–Trinajstić information content (AvgIpc) is 2.91. The van der Waals surface area contributed by atoms with E-state index < -0.39 is 0 Å². The van der Waals surface area contributed by atoms with Crippen LogP contribution in [0.5, 0.6) is 5.75 Å². The lowest BCUT2D eigenvalue weighted by Gasteiger charge is -2.15. The Hall–Kier alpha value is -2.08. The third-order valence-corrected chi connectivity index (χ3v) is 4.77. The van der Waals surface area contributed by atoms with E-state index >= 15 is 0 Å². The second-order valence-electron chi connectivity index (χ2n) is 5.89. The Balaban J connectivity index is 1.80. The molecule has 25 heavy (non-hydrogen) atoms. The maximum Gasteiger partial charge on any atom is 0.191 e. The fraction of sp³-hybridized carbons (Fsp3) is 0.474. The van der Waals surface area contributed by atoms with Gasteiger partial charge >= 0.3 is 0 Å². The minimum atomic E-state index is 0.0158. The highest BCUT2D eigenvalue weighted by atomic mass is 32.1. The molecule has 0 saturated heterocycles. The number of aliphatic imine (C=N–C) groups is 1. The monoisotopic (exact) mass is 360 g/mol. The zero-order valence-corrected chi connectivity index (χ0v) is 16.3. The van der Waals surface area contributed by atoms with E-state index in [4.69, 9.17) is 4.74 Å². The Morgan fingerprint density at radius 3 is 2.64 bits per heavy atom. The van der Waals surface area contributed by atoms with Crippen LogP contribution in [0.25, 0.3) is 0 Å². The number of nitrogens with one attached hydrogen (secondary N) is 2. The molecule has 1 aromatic heterocycles. The van der Waals surface area contributed by atoms with E-state index in [0.29, 0.717) is 6.54 Å². The Kier molecular flexibility index (Phi) is 7.73. The molecule has 1 atom stereocenters. The van der Waals surface area contributed by atoms with Gasteiger partial charge in [-0.05, 0) is 39.8 Å². The van der Waals surface area contributed by atoms with E-state index in [2.05, 4.69) is 41.4 Å². The van der Waals surface area contributed by atoms with Crippen LogP contribution < -0.4 is 15.4 Å². The van der Waals surface area contributed by atoms with E-state index in [-0.39, 0.29) is 6.10 Å². The number of nitrogens with zero attached hydrogens (tertiary/aromatic N) is 2. The van der Waals surface area contributed by atoms with Crippen molar-refractivity contribution in [2.45, 2.75) is 40.2 Å². The van der Waals surface area contributed by atoms with Crippen LogP contribution in [-0.4, -0.2) is 36.7 Å². The Bertz CT molecular complexity index is 650. The van der Waals surface area contributed by atoms with Crippen molar-refractivity contribution in [3.8, 4) is 5.75 Å². The third kappa shape index (κ3) is 6.74. The van der Waals surface area contributed by atoms with Crippen LogP contribution in [0.15, 0.2) is 35.3 Å². The molecule has 5 nitrogen and oxygen atoms in total. The van der Waals surface area contributed by atoms with Crippen molar-refractivity contribution in [3.05, 3.63) is 45.9 Å². The molecule has 6 heteroatoms. The van der Waals surface area contributed by atoms with Gasteiger partial charge in [-0.3, -0.25) is 0 Å². The summed E-state index contributed by atoms with van der Waals surface area (Å²) >= 11 is 1.77. The van der Waals surface area contributed by atoms with Crippen molar-refractivity contribution in [1.82, 2.24) is 15.6 Å². The molecule has 1 unspecified atom stereocenters. The molecule has 136 valence electrons. The molecular weight excluding hydrogens is 332 g/mol. The Labute approximate surface area is 154 Å². The number of para-hydroxylation sites is 1. The molecule has 1 heterocycles. The molecule has 0 saturated carbocycles. The predicted molar refractivity (Wildman–Crippen MR) is 106 cm³/mol. The van der Waals surface area contributed by atoms with E-state index in [1.54, 1.807) is 11.3 Å². The van der Waals surface area contributed by atoms with Crippen LogP contribution in [0.4, 0.5) is 0 Å². The van der Waals surface area contributed by atoms with E-state index in [1.165, 1.54) is 9.88 Å². The van der Waals surface area contributed by atoms with Crippen molar-refractivity contribution in [2.24, 2.45) is 4.99 Å². The fourth-order valence-electron chi connectivity index (χ4n) is 2.26. The smallest absolute Gasteiger partial charge is 0.191 e. The first-order chi connectivity index (χ1) is 12.1. The summed E-state index contributed by atoms with van der Waals surface area (Å²) in [5, 5.41) is 7.80. The zero-order chi connectivity index (χ0) is 18.1. The molecule has 0 aliphatic carbocycles. The minimum Gasteiger partial charge on any atom is -0.489 e. The van der Waals surface area contributed by atoms with Gasteiger partial charge in [-0.1, -0.05) is 18.2 Å². The molecule has 2 aromatic rings. The van der Waals surface area contributed by atoms with Gasteiger partial charge in [0.05, 0.1) is 17.2 Å². The van der Waals surface area contributed by atoms with Crippen molar-refractivity contribution in [2.75, 3.05) is 19.6 Å². The number of thiazole rings is 1. The van der Waals surface area contributed by atoms with Gasteiger partial charge in [0.15, 0.2) is 5.96 Å². The molecule has 0 bridgehead atoms. The number of aromatic nitrogens is 1. The van der Waals surface area contributed by atoms with Gasteiger partial charge in [0.1, 0.15) is 11.9 Å². The molecule has 2 N–H and O–H groups in total. The molecule has 0 amide bonds. The Morgan fingerprint density at radius 2 is 2.00 bits per heavy atom. The lowest BCUT2D eigenvalue weighted by Crippen LogP contribution is -2.39. The number of rotatable bonds is 8. The Morgan fingerprint density at radius 1 is 1.24 bits per heavy atom. The first-order valence-corrected chi connectivity index (χ1v) is 9.57. The summed E-state index contributed by atoms with van der Waals surface area (Å²) in [6, 6.07) is 9.84. The standard InChI is InChI=1S/C19H28N4OS/c1-5-20-19(21-12-11-18-23-15(3)16(4)25-18)22-13-14(2)24-17-9-7-6-8-10-17/h6-10,14H,5,11-13H2,1-4H3,(H2,20,21,22). The van der Waals surface area contributed by atoms with Crippen LogP contribution in [0.1, 0.15) is 29.4 Å². The molecule has 0 fully saturated rings. The quantitative estimate of drug-likeness (QED) is 0.560. The zero-order valence-electron chi connectivity index (χ0n) is 15.5. The van der Waals surface area contributed by atoms with Gasteiger partial charge in [-0.2, -0.15) is 0 Å². The van der Waals surface area contributed by atoms with E-state index in [9.17, 15) is 0 Å². The van der Waals surface area contributed by atoms with Gasteiger partial charge in [-0.25, -0.2) is 9.98 Å². The van der Waals surface area contributed by atoms with Crippen LogP contribution in [0, 0.1) is 13.8 Å². The second-order valence-corrected chi connectivity index (χ2v) is 7.17. The van der Waals surface area contributed by atoms with Gasteiger partial charge < -0.3 is 15.4 Å². The molecular formula is C19H28N4OS. The molecule has 0 radical (unpaired) electrons.